The molecule has 162 valence electrons. The fourth-order valence-electron chi connectivity index (χ4n) is 5.15. The van der Waals surface area contributed by atoms with Crippen LogP contribution in [0.3, 0.4) is 0 Å². The van der Waals surface area contributed by atoms with Crippen LogP contribution in [0.4, 0.5) is 0 Å². The molecule has 0 radical (unpaired) electrons. The van der Waals surface area contributed by atoms with E-state index in [2.05, 4.69) is 27.6 Å². The van der Waals surface area contributed by atoms with Gasteiger partial charge in [0.25, 0.3) is 5.91 Å². The lowest BCUT2D eigenvalue weighted by atomic mass is 9.75. The van der Waals surface area contributed by atoms with Crippen LogP contribution >= 0.6 is 0 Å². The second kappa shape index (κ2) is 8.09. The van der Waals surface area contributed by atoms with Crippen LogP contribution in [-0.2, 0) is 18.4 Å². The van der Waals surface area contributed by atoms with Gasteiger partial charge >= 0.3 is 0 Å². The summed E-state index contributed by atoms with van der Waals surface area (Å²) in [6, 6.07) is 12.1. The highest BCUT2D eigenvalue weighted by molar-refractivity contribution is 5.98. The SMILES string of the molecule is CN1CC[C@@H](COCc2cccnc2)CC12CN(C(=O)c1ccc3c(ccn3C)c1)C2. The van der Waals surface area contributed by atoms with Crippen LogP contribution in [0.15, 0.2) is 55.0 Å². The number of rotatable bonds is 5. The highest BCUT2D eigenvalue weighted by atomic mass is 16.5. The number of likely N-dealkylation sites (tertiary alicyclic amines) is 2. The van der Waals surface area contributed by atoms with Crippen molar-refractivity contribution in [1.82, 2.24) is 19.4 Å². The molecule has 1 aromatic carbocycles. The minimum atomic E-state index is 0.0904. The fraction of sp³-hybridized carbons (Fsp3) is 0.440. The number of carbonyl (C=O) groups excluding carboxylic acids is 1. The minimum absolute atomic E-state index is 0.0904. The molecule has 0 saturated carbocycles. The van der Waals surface area contributed by atoms with E-state index in [1.54, 1.807) is 6.20 Å². The molecule has 0 unspecified atom stereocenters. The minimum Gasteiger partial charge on any atom is -0.376 e. The van der Waals surface area contributed by atoms with E-state index in [9.17, 15) is 4.79 Å². The molecule has 2 fully saturated rings. The number of nitrogens with zero attached hydrogens (tertiary/aromatic N) is 4. The standard InChI is InChI=1S/C25H30N4O2/c1-27-10-8-21-12-22(5-6-23(21)27)24(30)29-17-25(18-29)13-19(7-11-28(25)2)15-31-16-20-4-3-9-26-14-20/h3-6,8-10,12,14,19H,7,11,13,15-18H2,1-2H3/t19-/m1/s1. The highest BCUT2D eigenvalue weighted by Crippen LogP contribution is 2.39. The molecule has 1 spiro atoms. The van der Waals surface area contributed by atoms with Crippen LogP contribution in [0, 0.1) is 5.92 Å². The lowest BCUT2D eigenvalue weighted by Crippen LogP contribution is -2.72. The van der Waals surface area contributed by atoms with E-state index in [0.717, 1.165) is 61.1 Å². The Kier molecular flexibility index (Phi) is 5.28. The molecule has 3 aromatic rings. The number of likely N-dealkylation sites (N-methyl/N-ethyl adjacent to an activating group) is 1. The summed E-state index contributed by atoms with van der Waals surface area (Å²) in [5.41, 5.74) is 3.13. The summed E-state index contributed by atoms with van der Waals surface area (Å²) in [7, 11) is 4.23. The molecule has 2 aliphatic heterocycles. The Morgan fingerprint density at radius 3 is 2.90 bits per heavy atom. The van der Waals surface area contributed by atoms with Crippen LogP contribution in [0.5, 0.6) is 0 Å². The zero-order valence-electron chi connectivity index (χ0n) is 18.3. The summed E-state index contributed by atoms with van der Waals surface area (Å²) in [6.45, 7) is 4.03. The molecule has 1 amide bonds. The van der Waals surface area contributed by atoms with Crippen LogP contribution < -0.4 is 0 Å². The van der Waals surface area contributed by atoms with Crippen molar-refractivity contribution in [2.24, 2.45) is 13.0 Å². The normalized spacial score (nSPS) is 20.8. The van der Waals surface area contributed by atoms with Gasteiger partial charge < -0.3 is 14.2 Å². The molecule has 2 aliphatic rings. The van der Waals surface area contributed by atoms with Gasteiger partial charge in [-0.2, -0.15) is 0 Å². The van der Waals surface area contributed by atoms with Gasteiger partial charge in [-0.3, -0.25) is 14.7 Å². The third-order valence-electron chi connectivity index (χ3n) is 7.09. The third kappa shape index (κ3) is 3.86. The monoisotopic (exact) mass is 418 g/mol. The maximum Gasteiger partial charge on any atom is 0.254 e. The Bertz CT molecular complexity index is 1070. The Morgan fingerprint density at radius 1 is 1.23 bits per heavy atom. The number of pyridine rings is 1. The fourth-order valence-corrected chi connectivity index (χ4v) is 5.15. The number of benzene rings is 1. The zero-order chi connectivity index (χ0) is 21.4. The number of hydrogen-bond acceptors (Lipinski definition) is 4. The summed E-state index contributed by atoms with van der Waals surface area (Å²) in [6.07, 6.45) is 7.90. The van der Waals surface area contributed by atoms with Crippen LogP contribution in [0.2, 0.25) is 0 Å². The topological polar surface area (TPSA) is 50.6 Å². The van der Waals surface area contributed by atoms with E-state index in [4.69, 9.17) is 4.74 Å². The van der Waals surface area contributed by atoms with Gasteiger partial charge in [0.15, 0.2) is 0 Å². The van der Waals surface area contributed by atoms with Crippen molar-refractivity contribution < 1.29 is 9.53 Å². The first-order chi connectivity index (χ1) is 15.0. The third-order valence-corrected chi connectivity index (χ3v) is 7.09. The van der Waals surface area contributed by atoms with Gasteiger partial charge in [0.05, 0.1) is 12.1 Å². The predicted octanol–water partition coefficient (Wildman–Crippen LogP) is 3.33. The van der Waals surface area contributed by atoms with Gasteiger partial charge in [0, 0.05) is 61.8 Å². The van der Waals surface area contributed by atoms with Crippen molar-refractivity contribution in [3.05, 3.63) is 66.1 Å². The van der Waals surface area contributed by atoms with Crippen molar-refractivity contribution in [1.29, 1.82) is 0 Å². The average Bonchev–Trinajstić information content (AvgIpc) is 3.14. The second-order valence-corrected chi connectivity index (χ2v) is 9.24. The molecule has 0 aliphatic carbocycles. The summed E-state index contributed by atoms with van der Waals surface area (Å²) in [5.74, 6) is 0.672. The van der Waals surface area contributed by atoms with Gasteiger partial charge in [0.1, 0.15) is 0 Å². The van der Waals surface area contributed by atoms with Gasteiger partial charge in [-0.1, -0.05) is 6.07 Å². The summed E-state index contributed by atoms with van der Waals surface area (Å²) < 4.78 is 8.08. The first kappa shape index (κ1) is 20.2. The van der Waals surface area contributed by atoms with Gasteiger partial charge in [-0.05, 0) is 68.2 Å². The molecule has 0 bridgehead atoms. The highest BCUT2D eigenvalue weighted by Gasteiger charge is 2.51. The molecule has 2 saturated heterocycles. The number of fused-ring (bicyclic) bond motifs is 1. The average molecular weight is 419 g/mol. The quantitative estimate of drug-likeness (QED) is 0.638. The molecule has 4 heterocycles. The first-order valence-electron chi connectivity index (χ1n) is 11.1. The van der Waals surface area contributed by atoms with E-state index in [0.29, 0.717) is 12.5 Å². The Labute approximate surface area is 183 Å². The zero-order valence-corrected chi connectivity index (χ0v) is 18.3. The van der Waals surface area contributed by atoms with Crippen molar-refractivity contribution in [2.75, 3.05) is 33.3 Å². The van der Waals surface area contributed by atoms with Crippen molar-refractivity contribution >= 4 is 16.8 Å². The maximum atomic E-state index is 13.1. The van der Waals surface area contributed by atoms with E-state index in [-0.39, 0.29) is 11.4 Å². The Balaban J connectivity index is 1.19. The van der Waals surface area contributed by atoms with Crippen LogP contribution in [-0.4, -0.2) is 64.1 Å². The molecule has 1 atom stereocenters. The van der Waals surface area contributed by atoms with Crippen LogP contribution in [0.1, 0.15) is 28.8 Å². The predicted molar refractivity (Wildman–Crippen MR) is 121 cm³/mol. The number of aryl methyl sites for hydroxylation is 1. The Hall–Kier alpha value is -2.70. The molecule has 5 rings (SSSR count). The summed E-state index contributed by atoms with van der Waals surface area (Å²) >= 11 is 0. The maximum absolute atomic E-state index is 13.1. The molecule has 31 heavy (non-hydrogen) atoms. The molecule has 6 heteroatoms. The smallest absolute Gasteiger partial charge is 0.254 e. The molecule has 2 aromatic heterocycles. The number of ether oxygens (including phenoxy) is 1. The van der Waals surface area contributed by atoms with Gasteiger partial charge in [-0.15, -0.1) is 0 Å². The van der Waals surface area contributed by atoms with Gasteiger partial charge in [-0.25, -0.2) is 0 Å². The van der Waals surface area contributed by atoms with Gasteiger partial charge in [0.2, 0.25) is 0 Å². The summed E-state index contributed by atoms with van der Waals surface area (Å²) in [5, 5.41) is 1.12. The first-order valence-corrected chi connectivity index (χ1v) is 11.1. The van der Waals surface area contributed by atoms with Crippen molar-refractivity contribution in [3.8, 4) is 0 Å². The largest absolute Gasteiger partial charge is 0.376 e. The number of aromatic nitrogens is 2. The second-order valence-electron chi connectivity index (χ2n) is 9.24. The van der Waals surface area contributed by atoms with Crippen molar-refractivity contribution in [2.45, 2.75) is 25.0 Å². The number of amides is 1. The van der Waals surface area contributed by atoms with Crippen molar-refractivity contribution in [3.63, 3.8) is 0 Å². The van der Waals surface area contributed by atoms with Crippen LogP contribution in [0.25, 0.3) is 10.9 Å². The van der Waals surface area contributed by atoms with E-state index in [1.165, 1.54) is 0 Å². The number of hydrogen-bond donors (Lipinski definition) is 0. The molecule has 0 N–H and O–H groups in total. The van der Waals surface area contributed by atoms with E-state index < -0.39 is 0 Å². The summed E-state index contributed by atoms with van der Waals surface area (Å²) in [4.78, 5) is 21.7. The number of carbonyl (C=O) groups is 1. The Morgan fingerprint density at radius 2 is 2.10 bits per heavy atom. The van der Waals surface area contributed by atoms with E-state index >= 15 is 0 Å². The lowest BCUT2D eigenvalue weighted by molar-refractivity contribution is -0.0768. The lowest BCUT2D eigenvalue weighted by Gasteiger charge is -2.58. The van der Waals surface area contributed by atoms with E-state index in [1.807, 2.05) is 54.7 Å². The number of piperidine rings is 1. The molecule has 6 nitrogen and oxygen atoms in total. The molecular formula is C25H30N4O2. The molecular weight excluding hydrogens is 388 g/mol.